The number of anilines is 1. The molecule has 0 radical (unpaired) electrons. The third-order valence-electron chi connectivity index (χ3n) is 4.91. The number of nitrogens with zero attached hydrogens (tertiary/aromatic N) is 3. The smallest absolute Gasteiger partial charge is 0.191 e. The molecule has 1 aromatic carbocycles. The predicted molar refractivity (Wildman–Crippen MR) is 122 cm³/mol. The summed E-state index contributed by atoms with van der Waals surface area (Å²) >= 11 is 6.29. The van der Waals surface area contributed by atoms with Gasteiger partial charge in [-0.15, -0.1) is 0 Å². The van der Waals surface area contributed by atoms with Crippen LogP contribution in [0, 0.1) is 0 Å². The lowest BCUT2D eigenvalue weighted by molar-refractivity contribution is 0.172. The SMILES string of the molecule is CN=C(NCc1cccc(OCCCOC)c1)NC1CCN(c2ncccc2Cl)C1. The van der Waals surface area contributed by atoms with Crippen LogP contribution in [-0.2, 0) is 11.3 Å². The van der Waals surface area contributed by atoms with E-state index >= 15 is 0 Å². The van der Waals surface area contributed by atoms with Crippen molar-refractivity contribution >= 4 is 23.4 Å². The van der Waals surface area contributed by atoms with E-state index in [1.54, 1.807) is 20.4 Å². The summed E-state index contributed by atoms with van der Waals surface area (Å²) in [6.07, 6.45) is 3.65. The van der Waals surface area contributed by atoms with Crippen molar-refractivity contribution in [3.8, 4) is 5.75 Å². The van der Waals surface area contributed by atoms with Gasteiger partial charge in [-0.05, 0) is 36.2 Å². The lowest BCUT2D eigenvalue weighted by Gasteiger charge is -2.20. The highest BCUT2D eigenvalue weighted by Crippen LogP contribution is 2.25. The molecule has 1 aromatic heterocycles. The van der Waals surface area contributed by atoms with Gasteiger partial charge in [0.2, 0.25) is 0 Å². The maximum Gasteiger partial charge on any atom is 0.191 e. The molecule has 1 fully saturated rings. The van der Waals surface area contributed by atoms with Gasteiger partial charge < -0.3 is 25.0 Å². The zero-order valence-corrected chi connectivity index (χ0v) is 18.4. The van der Waals surface area contributed by atoms with Crippen LogP contribution in [-0.4, -0.2) is 57.4 Å². The fourth-order valence-corrected chi connectivity index (χ4v) is 3.63. The van der Waals surface area contributed by atoms with E-state index in [0.717, 1.165) is 49.0 Å². The lowest BCUT2D eigenvalue weighted by Crippen LogP contribution is -2.44. The van der Waals surface area contributed by atoms with Gasteiger partial charge in [-0.25, -0.2) is 4.98 Å². The minimum Gasteiger partial charge on any atom is -0.493 e. The second-order valence-electron chi connectivity index (χ2n) is 7.15. The number of guanidine groups is 1. The Morgan fingerprint density at radius 2 is 2.20 bits per heavy atom. The average molecular weight is 432 g/mol. The predicted octanol–water partition coefficient (Wildman–Crippen LogP) is 3.09. The Bertz CT molecular complexity index is 833. The standard InChI is InChI=1S/C22H30ClN5O2/c1-24-22(26-15-17-6-3-7-19(14-17)30-13-5-12-29-2)27-18-9-11-28(16-18)21-20(23)8-4-10-25-21/h3-4,6-8,10,14,18H,5,9,11-13,15-16H2,1-2H3,(H2,24,26,27). The molecule has 7 nitrogen and oxygen atoms in total. The Morgan fingerprint density at radius 1 is 1.30 bits per heavy atom. The zero-order chi connectivity index (χ0) is 21.2. The molecule has 1 aliphatic heterocycles. The number of pyridine rings is 1. The van der Waals surface area contributed by atoms with Gasteiger partial charge >= 0.3 is 0 Å². The molecule has 2 aromatic rings. The summed E-state index contributed by atoms with van der Waals surface area (Å²) < 4.78 is 10.8. The first-order valence-corrected chi connectivity index (χ1v) is 10.6. The number of aromatic nitrogens is 1. The summed E-state index contributed by atoms with van der Waals surface area (Å²) in [6.45, 7) is 3.76. The van der Waals surface area contributed by atoms with Crippen molar-refractivity contribution in [2.24, 2.45) is 4.99 Å². The Morgan fingerprint density at radius 3 is 3.00 bits per heavy atom. The van der Waals surface area contributed by atoms with Crippen molar-refractivity contribution in [1.82, 2.24) is 15.6 Å². The van der Waals surface area contributed by atoms with Crippen LogP contribution in [0.2, 0.25) is 5.02 Å². The van der Waals surface area contributed by atoms with Gasteiger partial charge in [0.1, 0.15) is 11.6 Å². The van der Waals surface area contributed by atoms with Gasteiger partial charge in [0.05, 0.1) is 11.6 Å². The van der Waals surface area contributed by atoms with Crippen LogP contribution in [0.3, 0.4) is 0 Å². The van der Waals surface area contributed by atoms with Gasteiger partial charge in [0.15, 0.2) is 5.96 Å². The molecule has 0 aliphatic carbocycles. The molecule has 0 spiro atoms. The Hall–Kier alpha value is -2.51. The molecule has 8 heteroatoms. The highest BCUT2D eigenvalue weighted by molar-refractivity contribution is 6.32. The summed E-state index contributed by atoms with van der Waals surface area (Å²) in [5, 5.41) is 7.57. The third kappa shape index (κ3) is 6.50. The van der Waals surface area contributed by atoms with E-state index < -0.39 is 0 Å². The number of halogens is 1. The highest BCUT2D eigenvalue weighted by Gasteiger charge is 2.25. The second kappa shape index (κ2) is 11.6. The quantitative estimate of drug-likeness (QED) is 0.361. The minimum atomic E-state index is 0.282. The Balaban J connectivity index is 1.47. The topological polar surface area (TPSA) is 71.0 Å². The number of benzene rings is 1. The molecular formula is C22H30ClN5O2. The molecule has 30 heavy (non-hydrogen) atoms. The molecule has 1 aliphatic rings. The largest absolute Gasteiger partial charge is 0.493 e. The fraction of sp³-hybridized carbons (Fsp3) is 0.455. The number of hydrogen-bond donors (Lipinski definition) is 2. The number of rotatable bonds is 9. The number of nitrogens with one attached hydrogen (secondary N) is 2. The summed E-state index contributed by atoms with van der Waals surface area (Å²) in [6, 6.07) is 12.1. The summed E-state index contributed by atoms with van der Waals surface area (Å²) in [4.78, 5) is 11.0. The Labute approximate surface area is 183 Å². The first kappa shape index (κ1) is 22.2. The van der Waals surface area contributed by atoms with Gasteiger partial charge in [0.25, 0.3) is 0 Å². The minimum absolute atomic E-state index is 0.282. The van der Waals surface area contributed by atoms with Gasteiger partial charge in [-0.2, -0.15) is 0 Å². The van der Waals surface area contributed by atoms with Crippen molar-refractivity contribution in [2.75, 3.05) is 45.4 Å². The number of ether oxygens (including phenoxy) is 2. The normalized spacial score (nSPS) is 16.6. The molecule has 3 rings (SSSR count). The molecule has 2 N–H and O–H groups in total. The van der Waals surface area contributed by atoms with Crippen LogP contribution >= 0.6 is 11.6 Å². The van der Waals surface area contributed by atoms with E-state index in [1.165, 1.54) is 0 Å². The first-order chi connectivity index (χ1) is 14.7. The maximum absolute atomic E-state index is 6.29. The van der Waals surface area contributed by atoms with Crippen molar-refractivity contribution in [3.05, 3.63) is 53.2 Å². The molecule has 1 unspecified atom stereocenters. The van der Waals surface area contributed by atoms with Crippen molar-refractivity contribution < 1.29 is 9.47 Å². The van der Waals surface area contributed by atoms with E-state index in [2.05, 4.69) is 31.6 Å². The van der Waals surface area contributed by atoms with E-state index in [0.29, 0.717) is 24.8 Å². The van der Waals surface area contributed by atoms with Crippen LogP contribution in [0.25, 0.3) is 0 Å². The van der Waals surface area contributed by atoms with Crippen molar-refractivity contribution in [3.63, 3.8) is 0 Å². The number of aliphatic imine (C=N–C) groups is 1. The number of methoxy groups -OCH3 is 1. The molecule has 2 heterocycles. The molecule has 0 bridgehead atoms. The highest BCUT2D eigenvalue weighted by atomic mass is 35.5. The summed E-state index contributed by atoms with van der Waals surface area (Å²) in [7, 11) is 3.48. The van der Waals surface area contributed by atoms with Gasteiger partial charge in [-0.3, -0.25) is 4.99 Å². The van der Waals surface area contributed by atoms with Gasteiger partial charge in [-0.1, -0.05) is 23.7 Å². The molecular weight excluding hydrogens is 402 g/mol. The zero-order valence-electron chi connectivity index (χ0n) is 17.6. The van der Waals surface area contributed by atoms with Crippen LogP contribution in [0.15, 0.2) is 47.6 Å². The second-order valence-corrected chi connectivity index (χ2v) is 7.56. The fourth-order valence-electron chi connectivity index (χ4n) is 3.39. The summed E-state index contributed by atoms with van der Waals surface area (Å²) in [5.41, 5.74) is 1.13. The van der Waals surface area contributed by atoms with Crippen LogP contribution in [0.5, 0.6) is 5.75 Å². The lowest BCUT2D eigenvalue weighted by atomic mass is 10.2. The van der Waals surface area contributed by atoms with Crippen molar-refractivity contribution in [1.29, 1.82) is 0 Å². The third-order valence-corrected chi connectivity index (χ3v) is 5.21. The van der Waals surface area contributed by atoms with Crippen molar-refractivity contribution in [2.45, 2.75) is 25.4 Å². The van der Waals surface area contributed by atoms with E-state index in [1.807, 2.05) is 30.3 Å². The molecule has 1 saturated heterocycles. The molecule has 162 valence electrons. The summed E-state index contributed by atoms with van der Waals surface area (Å²) in [5.74, 6) is 2.49. The Kier molecular flexibility index (Phi) is 8.59. The van der Waals surface area contributed by atoms with E-state index in [4.69, 9.17) is 21.1 Å². The van der Waals surface area contributed by atoms with Crippen LogP contribution in [0.1, 0.15) is 18.4 Å². The molecule has 0 amide bonds. The maximum atomic E-state index is 6.29. The van der Waals surface area contributed by atoms with Gasteiger partial charge in [0, 0.05) is 59.1 Å². The number of hydrogen-bond acceptors (Lipinski definition) is 5. The molecule has 0 saturated carbocycles. The van der Waals surface area contributed by atoms with Crippen LogP contribution in [0.4, 0.5) is 5.82 Å². The average Bonchev–Trinajstić information content (AvgIpc) is 3.23. The van der Waals surface area contributed by atoms with Crippen LogP contribution < -0.4 is 20.3 Å². The van der Waals surface area contributed by atoms with E-state index in [9.17, 15) is 0 Å². The molecule has 1 atom stereocenters. The van der Waals surface area contributed by atoms with E-state index in [-0.39, 0.29) is 6.04 Å². The monoisotopic (exact) mass is 431 g/mol. The first-order valence-electron chi connectivity index (χ1n) is 10.2.